The van der Waals surface area contributed by atoms with Crippen LogP contribution < -0.4 is 10.6 Å². The summed E-state index contributed by atoms with van der Waals surface area (Å²) in [7, 11) is 0. The number of rotatable bonds is 4. The molecule has 0 aliphatic heterocycles. The van der Waals surface area contributed by atoms with E-state index >= 15 is 0 Å². The van der Waals surface area contributed by atoms with Crippen molar-refractivity contribution in [2.75, 3.05) is 5.32 Å². The van der Waals surface area contributed by atoms with E-state index in [1.165, 1.54) is 0 Å². The van der Waals surface area contributed by atoms with Gasteiger partial charge < -0.3 is 10.6 Å². The monoisotopic (exact) mass is 308 g/mol. The van der Waals surface area contributed by atoms with Crippen LogP contribution in [0.1, 0.15) is 46.4 Å². The number of para-hydroxylation sites is 1. The first kappa shape index (κ1) is 15.3. The minimum absolute atomic E-state index is 0.124. The van der Waals surface area contributed by atoms with Crippen LogP contribution in [0.4, 0.5) is 5.69 Å². The van der Waals surface area contributed by atoms with E-state index in [2.05, 4.69) is 10.6 Å². The van der Waals surface area contributed by atoms with Crippen molar-refractivity contribution in [2.45, 2.75) is 31.7 Å². The van der Waals surface area contributed by atoms with Crippen molar-refractivity contribution in [2.24, 2.45) is 0 Å². The summed E-state index contributed by atoms with van der Waals surface area (Å²) in [5.74, 6) is -0.340. The van der Waals surface area contributed by atoms with Gasteiger partial charge in [-0.25, -0.2) is 0 Å². The maximum Gasteiger partial charge on any atom is 0.255 e. The van der Waals surface area contributed by atoms with Crippen molar-refractivity contribution in [3.05, 3.63) is 65.7 Å². The molecule has 2 amide bonds. The number of carbonyl (C=O) groups is 2. The standard InChI is InChI=1S/C19H20N2O2/c22-18(14-8-2-1-3-9-14)21-17-13-7-6-12-16(17)19(23)20-15-10-4-5-11-15/h1-3,6-9,12-13,15H,4-5,10-11H2,(H,20,23)(H,21,22). The Bertz CT molecular complexity index is 692. The highest BCUT2D eigenvalue weighted by atomic mass is 16.2. The fourth-order valence-corrected chi connectivity index (χ4v) is 2.91. The lowest BCUT2D eigenvalue weighted by Crippen LogP contribution is -2.33. The van der Waals surface area contributed by atoms with Gasteiger partial charge in [0.25, 0.3) is 11.8 Å². The predicted octanol–water partition coefficient (Wildman–Crippen LogP) is 3.61. The molecule has 0 radical (unpaired) electrons. The molecule has 1 aliphatic carbocycles. The maximum absolute atomic E-state index is 12.5. The van der Waals surface area contributed by atoms with E-state index in [9.17, 15) is 9.59 Å². The molecule has 0 saturated heterocycles. The van der Waals surface area contributed by atoms with Crippen LogP contribution in [0, 0.1) is 0 Å². The van der Waals surface area contributed by atoms with E-state index in [0.29, 0.717) is 16.8 Å². The number of hydrogen-bond acceptors (Lipinski definition) is 2. The predicted molar refractivity (Wildman–Crippen MR) is 90.6 cm³/mol. The van der Waals surface area contributed by atoms with E-state index in [-0.39, 0.29) is 17.9 Å². The molecule has 2 N–H and O–H groups in total. The van der Waals surface area contributed by atoms with Crippen molar-refractivity contribution in [1.29, 1.82) is 0 Å². The number of anilines is 1. The van der Waals surface area contributed by atoms with Crippen LogP contribution in [0.2, 0.25) is 0 Å². The molecule has 118 valence electrons. The lowest BCUT2D eigenvalue weighted by molar-refractivity contribution is 0.0939. The SMILES string of the molecule is O=C(Nc1ccccc1C(=O)NC1CCCC1)c1ccccc1. The zero-order valence-electron chi connectivity index (χ0n) is 12.9. The van der Waals surface area contributed by atoms with Gasteiger partial charge in [0.1, 0.15) is 0 Å². The summed E-state index contributed by atoms with van der Waals surface area (Å²) in [6, 6.07) is 16.3. The average molecular weight is 308 g/mol. The van der Waals surface area contributed by atoms with Crippen LogP contribution in [0.15, 0.2) is 54.6 Å². The highest BCUT2D eigenvalue weighted by molar-refractivity contribution is 6.09. The molecule has 0 heterocycles. The molecular formula is C19H20N2O2. The summed E-state index contributed by atoms with van der Waals surface area (Å²) in [6.45, 7) is 0. The largest absolute Gasteiger partial charge is 0.349 e. The first-order chi connectivity index (χ1) is 11.2. The second-order valence-electron chi connectivity index (χ2n) is 5.82. The number of amides is 2. The summed E-state index contributed by atoms with van der Waals surface area (Å²) in [5, 5.41) is 5.89. The van der Waals surface area contributed by atoms with Crippen molar-refractivity contribution >= 4 is 17.5 Å². The molecule has 0 atom stereocenters. The third kappa shape index (κ3) is 3.77. The van der Waals surface area contributed by atoms with Crippen LogP contribution in [0.3, 0.4) is 0 Å². The van der Waals surface area contributed by atoms with Gasteiger partial charge in [0.2, 0.25) is 0 Å². The van der Waals surface area contributed by atoms with Gasteiger partial charge >= 0.3 is 0 Å². The molecular weight excluding hydrogens is 288 g/mol. The van der Waals surface area contributed by atoms with E-state index in [1.807, 2.05) is 30.3 Å². The minimum Gasteiger partial charge on any atom is -0.349 e. The lowest BCUT2D eigenvalue weighted by atomic mass is 10.1. The number of benzene rings is 2. The zero-order valence-corrected chi connectivity index (χ0v) is 12.9. The highest BCUT2D eigenvalue weighted by Crippen LogP contribution is 2.20. The Morgan fingerprint density at radius 1 is 0.826 bits per heavy atom. The normalized spacial score (nSPS) is 14.4. The first-order valence-corrected chi connectivity index (χ1v) is 8.00. The van der Waals surface area contributed by atoms with Crippen molar-refractivity contribution in [3.63, 3.8) is 0 Å². The maximum atomic E-state index is 12.5. The van der Waals surface area contributed by atoms with Crippen LogP contribution in [-0.2, 0) is 0 Å². The van der Waals surface area contributed by atoms with E-state index in [1.54, 1.807) is 24.3 Å². The molecule has 0 unspecified atom stereocenters. The molecule has 1 aliphatic rings. The molecule has 1 saturated carbocycles. The van der Waals surface area contributed by atoms with Crippen LogP contribution in [0.5, 0.6) is 0 Å². The third-order valence-corrected chi connectivity index (χ3v) is 4.15. The third-order valence-electron chi connectivity index (χ3n) is 4.15. The summed E-state index contributed by atoms with van der Waals surface area (Å²) in [6.07, 6.45) is 4.39. The molecule has 3 rings (SSSR count). The Hall–Kier alpha value is -2.62. The Labute approximate surface area is 135 Å². The average Bonchev–Trinajstić information content (AvgIpc) is 3.09. The van der Waals surface area contributed by atoms with Gasteiger partial charge in [-0.3, -0.25) is 9.59 Å². The van der Waals surface area contributed by atoms with Crippen LogP contribution >= 0.6 is 0 Å². The fraction of sp³-hybridized carbons (Fsp3) is 0.263. The lowest BCUT2D eigenvalue weighted by Gasteiger charge is -2.15. The molecule has 0 spiro atoms. The smallest absolute Gasteiger partial charge is 0.255 e. The second kappa shape index (κ2) is 7.09. The zero-order chi connectivity index (χ0) is 16.1. The van der Waals surface area contributed by atoms with Gasteiger partial charge in [0.05, 0.1) is 11.3 Å². The number of carbonyl (C=O) groups excluding carboxylic acids is 2. The minimum atomic E-state index is -0.216. The molecule has 1 fully saturated rings. The van der Waals surface area contributed by atoms with Gasteiger partial charge in [0.15, 0.2) is 0 Å². The molecule has 4 nitrogen and oxygen atoms in total. The molecule has 2 aromatic carbocycles. The summed E-state index contributed by atoms with van der Waals surface area (Å²) < 4.78 is 0. The van der Waals surface area contributed by atoms with Crippen molar-refractivity contribution in [1.82, 2.24) is 5.32 Å². The van der Waals surface area contributed by atoms with E-state index < -0.39 is 0 Å². The molecule has 4 heteroatoms. The summed E-state index contributed by atoms with van der Waals surface area (Å²) in [4.78, 5) is 24.8. The highest BCUT2D eigenvalue weighted by Gasteiger charge is 2.20. The van der Waals surface area contributed by atoms with Crippen LogP contribution in [-0.4, -0.2) is 17.9 Å². The molecule has 2 aromatic rings. The topological polar surface area (TPSA) is 58.2 Å². The van der Waals surface area contributed by atoms with E-state index in [4.69, 9.17) is 0 Å². The second-order valence-corrected chi connectivity index (χ2v) is 5.82. The molecule has 0 bridgehead atoms. The van der Waals surface area contributed by atoms with Crippen LogP contribution in [0.25, 0.3) is 0 Å². The fourth-order valence-electron chi connectivity index (χ4n) is 2.91. The van der Waals surface area contributed by atoms with E-state index in [0.717, 1.165) is 25.7 Å². The number of nitrogens with one attached hydrogen (secondary N) is 2. The van der Waals surface area contributed by atoms with Gasteiger partial charge in [-0.1, -0.05) is 43.2 Å². The van der Waals surface area contributed by atoms with Gasteiger partial charge in [-0.05, 0) is 37.1 Å². The quantitative estimate of drug-likeness (QED) is 0.906. The summed E-state index contributed by atoms with van der Waals surface area (Å²) >= 11 is 0. The van der Waals surface area contributed by atoms with Crippen molar-refractivity contribution in [3.8, 4) is 0 Å². The molecule has 0 aromatic heterocycles. The Morgan fingerprint density at radius 3 is 2.22 bits per heavy atom. The Morgan fingerprint density at radius 2 is 1.48 bits per heavy atom. The van der Waals surface area contributed by atoms with Gasteiger partial charge in [-0.2, -0.15) is 0 Å². The Balaban J connectivity index is 1.75. The molecule has 23 heavy (non-hydrogen) atoms. The first-order valence-electron chi connectivity index (χ1n) is 8.00. The van der Waals surface area contributed by atoms with Gasteiger partial charge in [-0.15, -0.1) is 0 Å². The summed E-state index contributed by atoms with van der Waals surface area (Å²) in [5.41, 5.74) is 1.61. The Kier molecular flexibility index (Phi) is 4.71. The number of hydrogen-bond donors (Lipinski definition) is 2. The van der Waals surface area contributed by atoms with Gasteiger partial charge in [0, 0.05) is 11.6 Å². The van der Waals surface area contributed by atoms with Crippen molar-refractivity contribution < 1.29 is 9.59 Å².